The molecule has 10 heteroatoms. The number of hydrogen-bond acceptors (Lipinski definition) is 6. The van der Waals surface area contributed by atoms with Crippen LogP contribution in [0.25, 0.3) is 11.1 Å². The minimum absolute atomic E-state index is 0.176. The molecule has 0 spiro atoms. The number of nitrogens with zero attached hydrogens (tertiary/aromatic N) is 1. The van der Waals surface area contributed by atoms with Crippen molar-refractivity contribution in [3.8, 4) is 28.5 Å². The lowest BCUT2D eigenvalue weighted by Gasteiger charge is -2.11. The summed E-state index contributed by atoms with van der Waals surface area (Å²) in [6.07, 6.45) is 1.46. The van der Waals surface area contributed by atoms with Crippen molar-refractivity contribution in [2.45, 2.75) is 6.61 Å². The number of pyridine rings is 1. The molecule has 29 heavy (non-hydrogen) atoms. The lowest BCUT2D eigenvalue weighted by molar-refractivity contribution is 0.292. The Morgan fingerprint density at radius 3 is 2.14 bits per heavy atom. The zero-order valence-corrected chi connectivity index (χ0v) is 15.8. The number of benzene rings is 2. The lowest BCUT2D eigenvalue weighted by Crippen LogP contribution is -2.03. The van der Waals surface area contributed by atoms with Gasteiger partial charge < -0.3 is 13.7 Å². The Morgan fingerprint density at radius 1 is 0.931 bits per heavy atom. The number of rotatable bonds is 7. The average molecular weight is 425 g/mol. The maximum absolute atomic E-state index is 14.4. The van der Waals surface area contributed by atoms with Gasteiger partial charge in [-0.1, -0.05) is 3.89 Å². The van der Waals surface area contributed by atoms with E-state index in [0.717, 1.165) is 12.1 Å². The van der Waals surface area contributed by atoms with Gasteiger partial charge in [0.05, 0.1) is 12.7 Å². The highest BCUT2D eigenvalue weighted by Gasteiger charge is 2.14. The number of aromatic nitrogens is 1. The Morgan fingerprint density at radius 2 is 1.55 bits per heavy atom. The molecule has 0 radical (unpaired) electrons. The van der Waals surface area contributed by atoms with E-state index in [1.54, 1.807) is 12.1 Å². The Bertz CT molecular complexity index is 1100. The first-order valence-corrected chi connectivity index (χ1v) is 9.41. The molecule has 152 valence electrons. The standard InChI is InChI=1S/C19H14F3NO5S/c1-26-19-10-12(6-7-23-19)13-8-17(20)16(18(21)9-13)11-27-14-2-4-15(5-3-14)28-29(22,24)25/h2-10H,11H2,1H3. The molecule has 0 bridgehead atoms. The highest BCUT2D eigenvalue weighted by Crippen LogP contribution is 2.27. The molecule has 3 rings (SSSR count). The molecule has 1 heterocycles. The van der Waals surface area contributed by atoms with E-state index in [9.17, 15) is 21.1 Å². The lowest BCUT2D eigenvalue weighted by atomic mass is 10.0. The maximum atomic E-state index is 14.4. The average Bonchev–Trinajstić information content (AvgIpc) is 2.67. The predicted octanol–water partition coefficient (Wildman–Crippen LogP) is 4.21. The van der Waals surface area contributed by atoms with E-state index in [-0.39, 0.29) is 17.1 Å². The van der Waals surface area contributed by atoms with Crippen LogP contribution in [0.15, 0.2) is 54.7 Å². The van der Waals surface area contributed by atoms with Crippen LogP contribution in [-0.2, 0) is 17.1 Å². The van der Waals surface area contributed by atoms with Gasteiger partial charge in [-0.25, -0.2) is 13.8 Å². The van der Waals surface area contributed by atoms with Crippen molar-refractivity contribution in [1.82, 2.24) is 4.98 Å². The van der Waals surface area contributed by atoms with Gasteiger partial charge in [0.15, 0.2) is 0 Å². The third kappa shape index (κ3) is 5.38. The Balaban J connectivity index is 1.74. The number of hydrogen-bond donors (Lipinski definition) is 0. The van der Waals surface area contributed by atoms with Crippen LogP contribution in [0, 0.1) is 11.6 Å². The first-order chi connectivity index (χ1) is 13.7. The van der Waals surface area contributed by atoms with E-state index in [1.807, 2.05) is 0 Å². The fourth-order valence-corrected chi connectivity index (χ4v) is 2.81. The zero-order chi connectivity index (χ0) is 21.0. The normalized spacial score (nSPS) is 11.2. The summed E-state index contributed by atoms with van der Waals surface area (Å²) in [4.78, 5) is 3.94. The molecule has 0 saturated heterocycles. The summed E-state index contributed by atoms with van der Waals surface area (Å²) in [6.45, 7) is -0.417. The molecular formula is C19H14F3NO5S. The van der Waals surface area contributed by atoms with E-state index >= 15 is 0 Å². The van der Waals surface area contributed by atoms with E-state index < -0.39 is 28.7 Å². The number of methoxy groups -OCH3 is 1. The van der Waals surface area contributed by atoms with Gasteiger partial charge in [0.1, 0.15) is 29.7 Å². The summed E-state index contributed by atoms with van der Waals surface area (Å²) in [5, 5.41) is 0. The van der Waals surface area contributed by atoms with Gasteiger partial charge in [-0.05, 0) is 53.6 Å². The summed E-state index contributed by atoms with van der Waals surface area (Å²) in [5.74, 6) is -1.40. The van der Waals surface area contributed by atoms with Crippen molar-refractivity contribution in [3.63, 3.8) is 0 Å². The predicted molar refractivity (Wildman–Crippen MR) is 97.6 cm³/mol. The van der Waals surface area contributed by atoms with Gasteiger partial charge >= 0.3 is 10.5 Å². The van der Waals surface area contributed by atoms with Crippen LogP contribution < -0.4 is 13.7 Å². The third-order valence-corrected chi connectivity index (χ3v) is 4.21. The van der Waals surface area contributed by atoms with E-state index in [4.69, 9.17) is 9.47 Å². The van der Waals surface area contributed by atoms with Crippen molar-refractivity contribution >= 4 is 10.5 Å². The van der Waals surface area contributed by atoms with E-state index in [2.05, 4.69) is 9.17 Å². The van der Waals surface area contributed by atoms with E-state index in [1.165, 1.54) is 37.6 Å². The second-order valence-corrected chi connectivity index (χ2v) is 6.69. The molecule has 0 aliphatic heterocycles. The van der Waals surface area contributed by atoms with Crippen LogP contribution in [-0.4, -0.2) is 20.5 Å². The fourth-order valence-electron chi connectivity index (χ4n) is 2.47. The van der Waals surface area contributed by atoms with Gasteiger partial charge in [-0.3, -0.25) is 0 Å². The highest BCUT2D eigenvalue weighted by atomic mass is 32.3. The van der Waals surface area contributed by atoms with Crippen LogP contribution in [0.2, 0.25) is 0 Å². The molecule has 6 nitrogen and oxygen atoms in total. The molecule has 0 saturated carbocycles. The summed E-state index contributed by atoms with van der Waals surface area (Å²) in [5.41, 5.74) is 0.542. The Labute approximate surface area is 164 Å². The Hall–Kier alpha value is -3.27. The molecule has 0 atom stereocenters. The van der Waals surface area contributed by atoms with Gasteiger partial charge in [-0.2, -0.15) is 8.42 Å². The molecule has 0 aliphatic carbocycles. The molecule has 3 aromatic rings. The second-order valence-electron chi connectivity index (χ2n) is 5.74. The molecule has 0 fully saturated rings. The number of ether oxygens (including phenoxy) is 2. The zero-order valence-electron chi connectivity index (χ0n) is 14.9. The second kappa shape index (κ2) is 8.39. The molecule has 2 aromatic carbocycles. The van der Waals surface area contributed by atoms with Crippen molar-refractivity contribution in [2.24, 2.45) is 0 Å². The summed E-state index contributed by atoms with van der Waals surface area (Å²) >= 11 is 0. The fraction of sp³-hybridized carbons (Fsp3) is 0.105. The summed E-state index contributed by atoms with van der Waals surface area (Å²) in [6, 6.07) is 10.3. The summed E-state index contributed by atoms with van der Waals surface area (Å²) in [7, 11) is -3.71. The van der Waals surface area contributed by atoms with Gasteiger partial charge in [-0.15, -0.1) is 0 Å². The minimum atomic E-state index is -5.14. The topological polar surface area (TPSA) is 74.7 Å². The molecule has 0 N–H and O–H groups in total. The van der Waals surface area contributed by atoms with Crippen LogP contribution in [0.4, 0.5) is 12.7 Å². The minimum Gasteiger partial charge on any atom is -0.489 e. The molecule has 1 aromatic heterocycles. The van der Waals surface area contributed by atoms with Crippen LogP contribution in [0.5, 0.6) is 17.4 Å². The monoisotopic (exact) mass is 425 g/mol. The highest BCUT2D eigenvalue weighted by molar-refractivity contribution is 7.81. The van der Waals surface area contributed by atoms with Gasteiger partial charge in [0, 0.05) is 12.3 Å². The van der Waals surface area contributed by atoms with Crippen molar-refractivity contribution in [3.05, 3.63) is 71.9 Å². The van der Waals surface area contributed by atoms with Crippen LogP contribution >= 0.6 is 0 Å². The number of halogens is 3. The van der Waals surface area contributed by atoms with Crippen molar-refractivity contribution < 1.29 is 34.7 Å². The largest absolute Gasteiger partial charge is 0.489 e. The first kappa shape index (κ1) is 20.5. The first-order valence-electron chi connectivity index (χ1n) is 8.10. The van der Waals surface area contributed by atoms with Crippen LogP contribution in [0.1, 0.15) is 5.56 Å². The quantitative estimate of drug-likeness (QED) is 0.528. The third-order valence-electron chi connectivity index (χ3n) is 3.82. The molecular weight excluding hydrogens is 411 g/mol. The smallest absolute Gasteiger partial charge is 0.488 e. The van der Waals surface area contributed by atoms with Crippen LogP contribution in [0.3, 0.4) is 0 Å². The van der Waals surface area contributed by atoms with Gasteiger partial charge in [0.2, 0.25) is 5.88 Å². The molecule has 0 unspecified atom stereocenters. The summed E-state index contributed by atoms with van der Waals surface area (Å²) < 4.78 is 76.5. The van der Waals surface area contributed by atoms with Crippen molar-refractivity contribution in [2.75, 3.05) is 7.11 Å². The molecule has 0 amide bonds. The van der Waals surface area contributed by atoms with Crippen molar-refractivity contribution in [1.29, 1.82) is 0 Å². The van der Waals surface area contributed by atoms with E-state index in [0.29, 0.717) is 17.0 Å². The Kier molecular flexibility index (Phi) is 5.92. The maximum Gasteiger partial charge on any atom is 0.488 e. The SMILES string of the molecule is COc1cc(-c2cc(F)c(COc3ccc(OS(=O)(=O)F)cc3)c(F)c2)ccn1. The van der Waals surface area contributed by atoms with Gasteiger partial charge in [0.25, 0.3) is 0 Å². The molecule has 0 aliphatic rings.